The SMILES string of the molecule is CC(=O)Nc1ccc(NC(=O)Cc2csc(SCc3ccc(C)cc3)n2)cc1. The Morgan fingerprint density at radius 3 is 2.29 bits per heavy atom. The molecule has 0 saturated heterocycles. The van der Waals surface area contributed by atoms with E-state index in [1.807, 2.05) is 5.38 Å². The van der Waals surface area contributed by atoms with E-state index in [0.29, 0.717) is 11.4 Å². The first kappa shape index (κ1) is 20.1. The fourth-order valence-corrected chi connectivity index (χ4v) is 4.28. The number of hydrogen-bond acceptors (Lipinski definition) is 5. The van der Waals surface area contributed by atoms with Gasteiger partial charge in [0.1, 0.15) is 4.34 Å². The van der Waals surface area contributed by atoms with Crippen LogP contribution in [0, 0.1) is 6.92 Å². The summed E-state index contributed by atoms with van der Waals surface area (Å²) in [4.78, 5) is 27.8. The van der Waals surface area contributed by atoms with Gasteiger partial charge in [-0.1, -0.05) is 41.6 Å². The molecule has 7 heteroatoms. The first-order valence-electron chi connectivity index (χ1n) is 8.78. The van der Waals surface area contributed by atoms with Crippen molar-refractivity contribution >= 4 is 46.3 Å². The minimum atomic E-state index is -0.128. The Morgan fingerprint density at radius 1 is 1.00 bits per heavy atom. The van der Waals surface area contributed by atoms with Crippen molar-refractivity contribution < 1.29 is 9.59 Å². The number of rotatable bonds is 7. The Labute approximate surface area is 172 Å². The second-order valence-electron chi connectivity index (χ2n) is 6.36. The van der Waals surface area contributed by atoms with E-state index in [2.05, 4.69) is 46.8 Å². The molecule has 1 heterocycles. The van der Waals surface area contributed by atoms with Crippen LogP contribution in [0.3, 0.4) is 0 Å². The van der Waals surface area contributed by atoms with E-state index in [-0.39, 0.29) is 18.2 Å². The summed E-state index contributed by atoms with van der Waals surface area (Å²) >= 11 is 3.24. The maximum atomic E-state index is 12.2. The number of carbonyl (C=O) groups excluding carboxylic acids is 2. The van der Waals surface area contributed by atoms with Crippen molar-refractivity contribution in [1.82, 2.24) is 4.98 Å². The highest BCUT2D eigenvalue weighted by Gasteiger charge is 2.09. The van der Waals surface area contributed by atoms with E-state index < -0.39 is 0 Å². The van der Waals surface area contributed by atoms with E-state index >= 15 is 0 Å². The van der Waals surface area contributed by atoms with Crippen LogP contribution in [0.5, 0.6) is 0 Å². The molecule has 2 amide bonds. The molecule has 5 nitrogen and oxygen atoms in total. The molecular formula is C21H21N3O2S2. The molecular weight excluding hydrogens is 390 g/mol. The minimum Gasteiger partial charge on any atom is -0.326 e. The molecule has 0 bridgehead atoms. The van der Waals surface area contributed by atoms with Gasteiger partial charge in [0.25, 0.3) is 0 Å². The van der Waals surface area contributed by atoms with E-state index in [1.54, 1.807) is 47.4 Å². The summed E-state index contributed by atoms with van der Waals surface area (Å²) in [5, 5.41) is 7.47. The summed E-state index contributed by atoms with van der Waals surface area (Å²) in [5.74, 6) is 0.615. The Balaban J connectivity index is 1.49. The number of aromatic nitrogens is 1. The molecule has 1 aromatic heterocycles. The second kappa shape index (κ2) is 9.52. The number of thiazole rings is 1. The van der Waals surface area contributed by atoms with Gasteiger partial charge in [0.2, 0.25) is 11.8 Å². The highest BCUT2D eigenvalue weighted by atomic mass is 32.2. The molecule has 0 radical (unpaired) electrons. The predicted octanol–water partition coefficient (Wildman–Crippen LogP) is 4.88. The molecule has 0 aliphatic carbocycles. The van der Waals surface area contributed by atoms with Crippen molar-refractivity contribution in [3.63, 3.8) is 0 Å². The van der Waals surface area contributed by atoms with Crippen molar-refractivity contribution in [3.8, 4) is 0 Å². The lowest BCUT2D eigenvalue weighted by molar-refractivity contribution is -0.116. The fourth-order valence-electron chi connectivity index (χ4n) is 2.48. The van der Waals surface area contributed by atoms with Gasteiger partial charge in [0, 0.05) is 29.4 Å². The smallest absolute Gasteiger partial charge is 0.230 e. The van der Waals surface area contributed by atoms with Crippen LogP contribution in [0.15, 0.2) is 58.3 Å². The lowest BCUT2D eigenvalue weighted by Crippen LogP contribution is -2.14. The summed E-state index contributed by atoms with van der Waals surface area (Å²) in [6, 6.07) is 15.5. The molecule has 0 spiro atoms. The van der Waals surface area contributed by atoms with Crippen LogP contribution in [0.2, 0.25) is 0 Å². The van der Waals surface area contributed by atoms with Crippen molar-refractivity contribution in [2.45, 2.75) is 30.4 Å². The van der Waals surface area contributed by atoms with Gasteiger partial charge in [-0.2, -0.15) is 0 Å². The standard InChI is InChI=1S/C21H21N3O2S2/c1-14-3-5-16(6-4-14)12-27-21-24-19(13-28-21)11-20(26)23-18-9-7-17(8-10-18)22-15(2)25/h3-10,13H,11-12H2,1-2H3,(H,22,25)(H,23,26). The summed E-state index contributed by atoms with van der Waals surface area (Å²) in [5.41, 5.74) is 4.65. The average Bonchev–Trinajstić information content (AvgIpc) is 3.09. The topological polar surface area (TPSA) is 71.1 Å². The van der Waals surface area contributed by atoms with E-state index in [4.69, 9.17) is 0 Å². The minimum absolute atomic E-state index is 0.118. The van der Waals surface area contributed by atoms with Crippen molar-refractivity contribution in [3.05, 3.63) is 70.7 Å². The van der Waals surface area contributed by atoms with Gasteiger partial charge in [-0.15, -0.1) is 11.3 Å². The first-order chi connectivity index (χ1) is 13.5. The zero-order valence-corrected chi connectivity index (χ0v) is 17.3. The quantitative estimate of drug-likeness (QED) is 0.544. The maximum Gasteiger partial charge on any atom is 0.230 e. The zero-order valence-electron chi connectivity index (χ0n) is 15.7. The van der Waals surface area contributed by atoms with Gasteiger partial charge in [0.15, 0.2) is 0 Å². The van der Waals surface area contributed by atoms with E-state index in [0.717, 1.165) is 15.8 Å². The molecule has 144 valence electrons. The number of nitrogens with zero attached hydrogens (tertiary/aromatic N) is 1. The third-order valence-corrected chi connectivity index (χ3v) is 5.99. The number of hydrogen-bond donors (Lipinski definition) is 2. The highest BCUT2D eigenvalue weighted by molar-refractivity contribution is 8.00. The Hall–Kier alpha value is -2.64. The van der Waals surface area contributed by atoms with Crippen LogP contribution in [0.4, 0.5) is 11.4 Å². The summed E-state index contributed by atoms with van der Waals surface area (Å²) in [6.07, 6.45) is 0.231. The van der Waals surface area contributed by atoms with Crippen molar-refractivity contribution in [1.29, 1.82) is 0 Å². The maximum absolute atomic E-state index is 12.2. The molecule has 0 aliphatic rings. The lowest BCUT2D eigenvalue weighted by Gasteiger charge is -2.06. The molecule has 0 fully saturated rings. The molecule has 3 rings (SSSR count). The third-order valence-electron chi connectivity index (χ3n) is 3.84. The van der Waals surface area contributed by atoms with Gasteiger partial charge in [-0.3, -0.25) is 9.59 Å². The number of carbonyl (C=O) groups is 2. The van der Waals surface area contributed by atoms with Crippen LogP contribution in [-0.2, 0) is 21.8 Å². The summed E-state index contributed by atoms with van der Waals surface area (Å²) in [6.45, 7) is 3.53. The molecule has 2 N–H and O–H groups in total. The van der Waals surface area contributed by atoms with Crippen molar-refractivity contribution in [2.24, 2.45) is 0 Å². The van der Waals surface area contributed by atoms with E-state index in [9.17, 15) is 9.59 Å². The van der Waals surface area contributed by atoms with E-state index in [1.165, 1.54) is 18.1 Å². The summed E-state index contributed by atoms with van der Waals surface area (Å²) in [7, 11) is 0. The van der Waals surface area contributed by atoms with Crippen LogP contribution in [-0.4, -0.2) is 16.8 Å². The number of nitrogens with one attached hydrogen (secondary N) is 2. The number of aryl methyl sites for hydroxylation is 1. The molecule has 0 unspecified atom stereocenters. The van der Waals surface area contributed by atoms with Crippen LogP contribution >= 0.6 is 23.1 Å². The average molecular weight is 412 g/mol. The van der Waals surface area contributed by atoms with Gasteiger partial charge >= 0.3 is 0 Å². The summed E-state index contributed by atoms with van der Waals surface area (Å²) < 4.78 is 0.961. The number of amides is 2. The van der Waals surface area contributed by atoms with Crippen LogP contribution in [0.25, 0.3) is 0 Å². The molecule has 28 heavy (non-hydrogen) atoms. The number of benzene rings is 2. The van der Waals surface area contributed by atoms with Crippen LogP contribution < -0.4 is 10.6 Å². The zero-order chi connectivity index (χ0) is 19.9. The molecule has 2 aromatic carbocycles. The molecule has 0 saturated carbocycles. The highest BCUT2D eigenvalue weighted by Crippen LogP contribution is 2.26. The fraction of sp³-hybridized carbons (Fsp3) is 0.190. The number of thioether (sulfide) groups is 1. The largest absolute Gasteiger partial charge is 0.326 e. The van der Waals surface area contributed by atoms with Crippen LogP contribution in [0.1, 0.15) is 23.7 Å². The van der Waals surface area contributed by atoms with Gasteiger partial charge < -0.3 is 10.6 Å². The predicted molar refractivity (Wildman–Crippen MR) is 116 cm³/mol. The van der Waals surface area contributed by atoms with Crippen molar-refractivity contribution in [2.75, 3.05) is 10.6 Å². The Morgan fingerprint density at radius 2 is 1.64 bits per heavy atom. The molecule has 0 atom stereocenters. The van der Waals surface area contributed by atoms with Gasteiger partial charge in [-0.05, 0) is 36.8 Å². The monoisotopic (exact) mass is 411 g/mol. The second-order valence-corrected chi connectivity index (χ2v) is 8.44. The van der Waals surface area contributed by atoms with Gasteiger partial charge in [0.05, 0.1) is 12.1 Å². The number of anilines is 2. The lowest BCUT2D eigenvalue weighted by atomic mass is 10.2. The van der Waals surface area contributed by atoms with Gasteiger partial charge in [-0.25, -0.2) is 4.98 Å². The Kier molecular flexibility index (Phi) is 6.84. The third kappa shape index (κ3) is 6.21. The molecule has 3 aromatic rings. The molecule has 0 aliphatic heterocycles. The first-order valence-corrected chi connectivity index (χ1v) is 10.6. The Bertz CT molecular complexity index is 951. The normalized spacial score (nSPS) is 10.5.